The number of carboxylic acids is 1. The third-order valence-electron chi connectivity index (χ3n) is 9.05. The standard InChI is InChI=1S/C40H28BrClN6O3/c1-25-43-37(42)35(39(49)50)47(25)24-26-21-22-33-32(23-26)34(41)36(51-33)30-19-11-12-20-31(30)38-44-46-48(45-38)40(27-13-5-2-6-14-27,28-15-7-3-8-16-28)29-17-9-4-10-18-29/h2-23H,24H2,1H3,(H,49,50). The van der Waals surface area contributed by atoms with Crippen LogP contribution in [0, 0.1) is 6.92 Å². The zero-order valence-corrected chi connectivity index (χ0v) is 29.5. The van der Waals surface area contributed by atoms with Gasteiger partial charge in [0.05, 0.1) is 4.47 Å². The van der Waals surface area contributed by atoms with E-state index in [4.69, 9.17) is 26.3 Å². The average Bonchev–Trinajstić information content (AvgIpc) is 3.85. The fourth-order valence-electron chi connectivity index (χ4n) is 6.72. The summed E-state index contributed by atoms with van der Waals surface area (Å²) in [5.41, 5.74) is 5.01. The van der Waals surface area contributed by atoms with Crippen molar-refractivity contribution in [2.24, 2.45) is 0 Å². The number of furan rings is 1. The molecule has 0 saturated carbocycles. The predicted octanol–water partition coefficient (Wildman–Crippen LogP) is 9.26. The van der Waals surface area contributed by atoms with Gasteiger partial charge in [-0.1, -0.05) is 133 Å². The number of rotatable bonds is 9. The number of fused-ring (bicyclic) bond motifs is 1. The smallest absolute Gasteiger partial charge is 0.355 e. The number of hydrogen-bond acceptors (Lipinski definition) is 6. The van der Waals surface area contributed by atoms with Crippen molar-refractivity contribution in [3.63, 3.8) is 0 Å². The van der Waals surface area contributed by atoms with Crippen LogP contribution in [0.15, 0.2) is 142 Å². The molecule has 0 spiro atoms. The van der Waals surface area contributed by atoms with Gasteiger partial charge < -0.3 is 14.1 Å². The molecular formula is C40H28BrClN6O3. The van der Waals surface area contributed by atoms with Crippen molar-refractivity contribution >= 4 is 44.5 Å². The summed E-state index contributed by atoms with van der Waals surface area (Å²) in [5.74, 6) is 0.404. The number of imidazole rings is 1. The van der Waals surface area contributed by atoms with Crippen LogP contribution in [0.1, 0.15) is 38.6 Å². The predicted molar refractivity (Wildman–Crippen MR) is 199 cm³/mol. The van der Waals surface area contributed by atoms with E-state index in [2.05, 4.69) is 62.4 Å². The van der Waals surface area contributed by atoms with Gasteiger partial charge in [-0.2, -0.15) is 0 Å². The monoisotopic (exact) mass is 754 g/mol. The second-order valence-corrected chi connectivity index (χ2v) is 13.2. The normalized spacial score (nSPS) is 11.7. The van der Waals surface area contributed by atoms with E-state index in [-0.39, 0.29) is 17.4 Å². The van der Waals surface area contributed by atoms with E-state index in [0.29, 0.717) is 23.0 Å². The average molecular weight is 756 g/mol. The van der Waals surface area contributed by atoms with Crippen molar-refractivity contribution in [3.8, 4) is 22.7 Å². The van der Waals surface area contributed by atoms with Crippen LogP contribution >= 0.6 is 27.5 Å². The Morgan fingerprint density at radius 3 is 1.98 bits per heavy atom. The number of carboxylic acid groups (broad SMARTS) is 1. The summed E-state index contributed by atoms with van der Waals surface area (Å²) in [6.07, 6.45) is 0. The summed E-state index contributed by atoms with van der Waals surface area (Å²) in [7, 11) is 0. The molecule has 9 nitrogen and oxygen atoms in total. The quantitative estimate of drug-likeness (QED) is 0.146. The van der Waals surface area contributed by atoms with Crippen LogP contribution in [0.2, 0.25) is 5.15 Å². The molecule has 0 aliphatic rings. The van der Waals surface area contributed by atoms with Crippen molar-refractivity contribution in [2.45, 2.75) is 19.0 Å². The molecule has 0 aliphatic carbocycles. The largest absolute Gasteiger partial charge is 0.476 e. The minimum Gasteiger partial charge on any atom is -0.476 e. The van der Waals surface area contributed by atoms with Crippen molar-refractivity contribution < 1.29 is 14.3 Å². The van der Waals surface area contributed by atoms with Crippen LogP contribution in [0.4, 0.5) is 0 Å². The molecule has 0 fully saturated rings. The topological polar surface area (TPSA) is 112 Å². The summed E-state index contributed by atoms with van der Waals surface area (Å²) >= 11 is 9.95. The molecule has 0 bridgehead atoms. The molecule has 1 N–H and O–H groups in total. The first kappa shape index (κ1) is 32.4. The molecule has 3 aromatic heterocycles. The highest BCUT2D eigenvalue weighted by Gasteiger charge is 2.41. The molecule has 0 amide bonds. The maximum Gasteiger partial charge on any atom is 0.355 e. The molecule has 8 rings (SSSR count). The number of aromatic nitrogens is 6. The Hall–Kier alpha value is -5.84. The lowest BCUT2D eigenvalue weighted by Crippen LogP contribution is -2.39. The van der Waals surface area contributed by atoms with Gasteiger partial charge in [-0.05, 0) is 62.5 Å². The molecule has 8 aromatic rings. The molecule has 51 heavy (non-hydrogen) atoms. The molecule has 3 heterocycles. The molecule has 0 atom stereocenters. The number of hydrogen-bond donors (Lipinski definition) is 1. The van der Waals surface area contributed by atoms with Crippen LogP contribution in [-0.4, -0.2) is 40.8 Å². The van der Waals surface area contributed by atoms with Crippen LogP contribution in [0.3, 0.4) is 0 Å². The van der Waals surface area contributed by atoms with Crippen LogP contribution in [0.25, 0.3) is 33.7 Å². The second kappa shape index (κ2) is 13.1. The lowest BCUT2D eigenvalue weighted by molar-refractivity contribution is 0.0685. The first-order valence-electron chi connectivity index (χ1n) is 16.1. The van der Waals surface area contributed by atoms with E-state index in [1.54, 1.807) is 16.3 Å². The highest BCUT2D eigenvalue weighted by molar-refractivity contribution is 9.10. The zero-order valence-electron chi connectivity index (χ0n) is 27.1. The van der Waals surface area contributed by atoms with E-state index < -0.39 is 11.5 Å². The number of nitrogens with zero attached hydrogens (tertiary/aromatic N) is 6. The molecule has 0 aliphatic heterocycles. The fraction of sp³-hybridized carbons (Fsp3) is 0.0750. The number of tetrazole rings is 1. The van der Waals surface area contributed by atoms with E-state index >= 15 is 0 Å². The van der Waals surface area contributed by atoms with Gasteiger partial charge in [0.25, 0.3) is 0 Å². The van der Waals surface area contributed by atoms with E-state index in [1.807, 2.05) is 97.1 Å². The molecular weight excluding hydrogens is 728 g/mol. The summed E-state index contributed by atoms with van der Waals surface area (Å²) in [6.45, 7) is 2.00. The Balaban J connectivity index is 1.24. The van der Waals surface area contributed by atoms with Gasteiger partial charge in [-0.25, -0.2) is 9.78 Å². The Bertz CT molecular complexity index is 2430. The molecule has 250 valence electrons. The van der Waals surface area contributed by atoms with Crippen LogP contribution in [-0.2, 0) is 12.1 Å². The van der Waals surface area contributed by atoms with E-state index in [9.17, 15) is 9.90 Å². The summed E-state index contributed by atoms with van der Waals surface area (Å²) in [4.78, 5) is 17.8. The van der Waals surface area contributed by atoms with E-state index in [0.717, 1.165) is 43.2 Å². The summed E-state index contributed by atoms with van der Waals surface area (Å²) < 4.78 is 8.79. The number of benzene rings is 5. The van der Waals surface area contributed by atoms with Crippen molar-refractivity contribution in [2.75, 3.05) is 0 Å². The SMILES string of the molecule is Cc1nc(Cl)c(C(=O)O)n1Cc1ccc2oc(-c3ccccc3-c3nnn(C(c4ccccc4)(c4ccccc4)c4ccccc4)n3)c(Br)c2c1. The van der Waals surface area contributed by atoms with Crippen molar-refractivity contribution in [1.29, 1.82) is 0 Å². The van der Waals surface area contributed by atoms with Gasteiger partial charge >= 0.3 is 5.97 Å². The third-order valence-corrected chi connectivity index (χ3v) is 10.1. The summed E-state index contributed by atoms with van der Waals surface area (Å²) in [6, 6.07) is 44.1. The Morgan fingerprint density at radius 2 is 1.39 bits per heavy atom. The number of carbonyl (C=O) groups is 1. The maximum atomic E-state index is 11.9. The van der Waals surface area contributed by atoms with Gasteiger partial charge in [0, 0.05) is 23.1 Å². The fourth-order valence-corrected chi connectivity index (χ4v) is 7.63. The van der Waals surface area contributed by atoms with Crippen molar-refractivity contribution in [3.05, 3.63) is 177 Å². The van der Waals surface area contributed by atoms with Crippen molar-refractivity contribution in [1.82, 2.24) is 29.8 Å². The summed E-state index contributed by atoms with van der Waals surface area (Å²) in [5, 5.41) is 25.0. The first-order valence-corrected chi connectivity index (χ1v) is 17.3. The van der Waals surface area contributed by atoms with Gasteiger partial charge in [0.1, 0.15) is 17.2 Å². The Morgan fingerprint density at radius 1 is 0.824 bits per heavy atom. The minimum atomic E-state index is -1.14. The van der Waals surface area contributed by atoms with Crippen LogP contribution < -0.4 is 0 Å². The third kappa shape index (κ3) is 5.53. The van der Waals surface area contributed by atoms with Gasteiger partial charge in [-0.15, -0.1) is 15.0 Å². The molecule has 0 saturated heterocycles. The first-order chi connectivity index (χ1) is 24.9. The Kier molecular flexibility index (Phi) is 8.33. The molecule has 11 heteroatoms. The minimum absolute atomic E-state index is 0.0384. The molecule has 0 unspecified atom stereocenters. The highest BCUT2D eigenvalue weighted by atomic mass is 79.9. The molecule has 0 radical (unpaired) electrons. The number of halogens is 2. The number of aromatic carboxylic acids is 1. The number of aryl methyl sites for hydroxylation is 1. The van der Waals surface area contributed by atoms with E-state index in [1.165, 1.54) is 0 Å². The lowest BCUT2D eigenvalue weighted by Gasteiger charge is -2.34. The Labute approximate surface area is 305 Å². The van der Waals surface area contributed by atoms with Gasteiger partial charge in [-0.3, -0.25) is 0 Å². The van der Waals surface area contributed by atoms with Gasteiger partial charge in [0.2, 0.25) is 5.82 Å². The lowest BCUT2D eigenvalue weighted by atomic mass is 9.77. The van der Waals surface area contributed by atoms with Gasteiger partial charge in [0.15, 0.2) is 16.4 Å². The zero-order chi connectivity index (χ0) is 35.1. The highest BCUT2D eigenvalue weighted by Crippen LogP contribution is 2.43. The van der Waals surface area contributed by atoms with Crippen LogP contribution in [0.5, 0.6) is 0 Å². The second-order valence-electron chi connectivity index (χ2n) is 12.0. The maximum absolute atomic E-state index is 11.9. The molecule has 5 aromatic carbocycles.